The van der Waals surface area contributed by atoms with Crippen molar-refractivity contribution < 1.29 is 4.79 Å². The van der Waals surface area contributed by atoms with E-state index in [0.717, 1.165) is 36.1 Å². The van der Waals surface area contributed by atoms with Crippen LogP contribution in [0.4, 0.5) is 0 Å². The van der Waals surface area contributed by atoms with E-state index >= 15 is 0 Å². The van der Waals surface area contributed by atoms with Crippen LogP contribution in [0.15, 0.2) is 24.3 Å². The molecular weight excluding hydrogens is 264 g/mol. The van der Waals surface area contributed by atoms with E-state index in [1.165, 1.54) is 0 Å². The van der Waals surface area contributed by atoms with E-state index in [9.17, 15) is 4.79 Å². The maximum atomic E-state index is 12.5. The molecule has 112 valence electrons. The van der Waals surface area contributed by atoms with Gasteiger partial charge in [-0.1, -0.05) is 18.6 Å². The van der Waals surface area contributed by atoms with Gasteiger partial charge in [0.25, 0.3) is 0 Å². The van der Waals surface area contributed by atoms with E-state index in [2.05, 4.69) is 4.98 Å². The lowest BCUT2D eigenvalue weighted by molar-refractivity contribution is -0.135. The predicted molar refractivity (Wildman–Crippen MR) is 82.5 cm³/mol. The number of aryl methyl sites for hydroxylation is 1. The Bertz CT molecular complexity index is 663. The molecule has 5 heteroatoms. The van der Waals surface area contributed by atoms with Gasteiger partial charge in [-0.25, -0.2) is 4.98 Å². The highest BCUT2D eigenvalue weighted by molar-refractivity contribution is 5.80. The molecule has 0 spiro atoms. The standard InChI is InChI=1S/C16H22N4O/c1-19(16(21)11-6-5-7-12(11)17)10-15-18-13-8-3-4-9-14(13)20(15)2/h3-4,8-9,11-12H,5-7,10,17H2,1-2H3/t11-,12+/m1/s1. The molecule has 1 saturated carbocycles. The fourth-order valence-electron chi connectivity index (χ4n) is 3.21. The molecule has 3 rings (SSSR count). The molecule has 1 aromatic heterocycles. The van der Waals surface area contributed by atoms with E-state index in [1.807, 2.05) is 42.9 Å². The van der Waals surface area contributed by atoms with Crippen molar-refractivity contribution in [3.05, 3.63) is 30.1 Å². The number of hydrogen-bond acceptors (Lipinski definition) is 3. The molecule has 21 heavy (non-hydrogen) atoms. The molecule has 1 fully saturated rings. The Morgan fingerprint density at radius 3 is 2.86 bits per heavy atom. The van der Waals surface area contributed by atoms with Gasteiger partial charge in [-0.15, -0.1) is 0 Å². The monoisotopic (exact) mass is 286 g/mol. The lowest BCUT2D eigenvalue weighted by Gasteiger charge is -2.23. The van der Waals surface area contributed by atoms with Crippen LogP contribution in [-0.2, 0) is 18.4 Å². The summed E-state index contributed by atoms with van der Waals surface area (Å²) in [6, 6.07) is 8.03. The lowest BCUT2D eigenvalue weighted by atomic mass is 10.0. The molecule has 0 unspecified atom stereocenters. The summed E-state index contributed by atoms with van der Waals surface area (Å²) in [6.45, 7) is 0.521. The summed E-state index contributed by atoms with van der Waals surface area (Å²) in [7, 11) is 3.83. The summed E-state index contributed by atoms with van der Waals surface area (Å²) < 4.78 is 2.05. The summed E-state index contributed by atoms with van der Waals surface area (Å²) in [5.74, 6) is 1.02. The largest absolute Gasteiger partial charge is 0.338 e. The van der Waals surface area contributed by atoms with Crippen molar-refractivity contribution >= 4 is 16.9 Å². The fourth-order valence-corrected chi connectivity index (χ4v) is 3.21. The number of amides is 1. The summed E-state index contributed by atoms with van der Waals surface area (Å²) in [5.41, 5.74) is 8.09. The highest BCUT2D eigenvalue weighted by Crippen LogP contribution is 2.26. The summed E-state index contributed by atoms with van der Waals surface area (Å²) in [5, 5.41) is 0. The molecule has 1 aliphatic rings. The number of benzene rings is 1. The fraction of sp³-hybridized carbons (Fsp3) is 0.500. The molecule has 2 N–H and O–H groups in total. The van der Waals surface area contributed by atoms with E-state index in [4.69, 9.17) is 5.73 Å². The van der Waals surface area contributed by atoms with Crippen molar-refractivity contribution in [2.75, 3.05) is 7.05 Å². The van der Waals surface area contributed by atoms with Crippen LogP contribution < -0.4 is 5.73 Å². The summed E-state index contributed by atoms with van der Waals surface area (Å²) in [4.78, 5) is 18.9. The minimum Gasteiger partial charge on any atom is -0.338 e. The second-order valence-electron chi connectivity index (χ2n) is 5.97. The number of nitrogens with zero attached hydrogens (tertiary/aromatic N) is 3. The minimum absolute atomic E-state index is 0.0143. The molecule has 0 aliphatic heterocycles. The van der Waals surface area contributed by atoms with Crippen molar-refractivity contribution in [1.29, 1.82) is 0 Å². The zero-order valence-electron chi connectivity index (χ0n) is 12.6. The SMILES string of the molecule is CN(Cc1nc2ccccc2n1C)C(=O)[C@@H]1CCC[C@@H]1N. The van der Waals surface area contributed by atoms with E-state index in [-0.39, 0.29) is 17.9 Å². The highest BCUT2D eigenvalue weighted by Gasteiger charge is 2.32. The van der Waals surface area contributed by atoms with Gasteiger partial charge in [0, 0.05) is 20.1 Å². The van der Waals surface area contributed by atoms with Crippen molar-refractivity contribution in [2.24, 2.45) is 18.7 Å². The first kappa shape index (κ1) is 14.1. The van der Waals surface area contributed by atoms with Gasteiger partial charge in [0.2, 0.25) is 5.91 Å². The molecule has 1 aromatic carbocycles. The Labute approximate surface area is 124 Å². The number of carbonyl (C=O) groups excluding carboxylic acids is 1. The number of carbonyl (C=O) groups is 1. The first-order valence-corrected chi connectivity index (χ1v) is 7.49. The average molecular weight is 286 g/mol. The average Bonchev–Trinajstić information content (AvgIpc) is 3.03. The smallest absolute Gasteiger partial charge is 0.227 e. The zero-order chi connectivity index (χ0) is 15.0. The van der Waals surface area contributed by atoms with Gasteiger partial charge >= 0.3 is 0 Å². The Hall–Kier alpha value is -1.88. The topological polar surface area (TPSA) is 64.2 Å². The van der Waals surface area contributed by atoms with Crippen molar-refractivity contribution in [2.45, 2.75) is 31.8 Å². The minimum atomic E-state index is -0.0234. The van der Waals surface area contributed by atoms with E-state index in [1.54, 1.807) is 4.90 Å². The van der Waals surface area contributed by atoms with Crippen LogP contribution >= 0.6 is 0 Å². The van der Waals surface area contributed by atoms with Gasteiger partial charge in [-0.3, -0.25) is 4.79 Å². The Morgan fingerprint density at radius 2 is 2.19 bits per heavy atom. The maximum Gasteiger partial charge on any atom is 0.227 e. The van der Waals surface area contributed by atoms with Crippen molar-refractivity contribution in [3.8, 4) is 0 Å². The number of aromatic nitrogens is 2. The van der Waals surface area contributed by atoms with Gasteiger partial charge < -0.3 is 15.2 Å². The molecule has 1 aliphatic carbocycles. The maximum absolute atomic E-state index is 12.5. The molecule has 1 heterocycles. The number of rotatable bonds is 3. The first-order valence-electron chi connectivity index (χ1n) is 7.49. The molecule has 0 bridgehead atoms. The van der Waals surface area contributed by atoms with Gasteiger partial charge in [0.15, 0.2) is 0 Å². The van der Waals surface area contributed by atoms with Crippen LogP contribution in [0.25, 0.3) is 11.0 Å². The van der Waals surface area contributed by atoms with Crippen LogP contribution in [0.3, 0.4) is 0 Å². The number of para-hydroxylation sites is 2. The van der Waals surface area contributed by atoms with Crippen LogP contribution in [-0.4, -0.2) is 33.4 Å². The van der Waals surface area contributed by atoms with Gasteiger partial charge in [0.05, 0.1) is 23.5 Å². The summed E-state index contributed by atoms with van der Waals surface area (Å²) >= 11 is 0. The molecule has 1 amide bonds. The number of hydrogen-bond donors (Lipinski definition) is 1. The highest BCUT2D eigenvalue weighted by atomic mass is 16.2. The zero-order valence-corrected chi connectivity index (χ0v) is 12.6. The predicted octanol–water partition coefficient (Wildman–Crippen LogP) is 1.66. The number of imidazole rings is 1. The second-order valence-corrected chi connectivity index (χ2v) is 5.97. The van der Waals surface area contributed by atoms with Crippen LogP contribution in [0, 0.1) is 5.92 Å². The van der Waals surface area contributed by atoms with Crippen molar-refractivity contribution in [1.82, 2.24) is 14.5 Å². The molecule has 0 radical (unpaired) electrons. The second kappa shape index (κ2) is 5.48. The van der Waals surface area contributed by atoms with Gasteiger partial charge in [0.1, 0.15) is 5.82 Å². The van der Waals surface area contributed by atoms with E-state index in [0.29, 0.717) is 6.54 Å². The first-order chi connectivity index (χ1) is 10.1. The Morgan fingerprint density at radius 1 is 1.43 bits per heavy atom. The van der Waals surface area contributed by atoms with Crippen LogP contribution in [0.2, 0.25) is 0 Å². The molecule has 5 nitrogen and oxygen atoms in total. The Kier molecular flexibility index (Phi) is 3.68. The number of nitrogens with two attached hydrogens (primary N) is 1. The van der Waals surface area contributed by atoms with Gasteiger partial charge in [-0.05, 0) is 25.0 Å². The van der Waals surface area contributed by atoms with E-state index < -0.39 is 0 Å². The third kappa shape index (κ3) is 2.53. The lowest BCUT2D eigenvalue weighted by Crippen LogP contribution is -2.39. The number of fused-ring (bicyclic) bond motifs is 1. The third-order valence-electron chi connectivity index (χ3n) is 4.52. The van der Waals surface area contributed by atoms with Crippen LogP contribution in [0.1, 0.15) is 25.1 Å². The van der Waals surface area contributed by atoms with Crippen molar-refractivity contribution in [3.63, 3.8) is 0 Å². The quantitative estimate of drug-likeness (QED) is 0.933. The Balaban J connectivity index is 1.78. The molecule has 2 aromatic rings. The third-order valence-corrected chi connectivity index (χ3v) is 4.52. The van der Waals surface area contributed by atoms with Gasteiger partial charge in [-0.2, -0.15) is 0 Å². The van der Waals surface area contributed by atoms with Crippen LogP contribution in [0.5, 0.6) is 0 Å². The summed E-state index contributed by atoms with van der Waals surface area (Å²) in [6.07, 6.45) is 2.92. The molecule has 2 atom stereocenters. The molecular formula is C16H22N4O. The molecule has 0 saturated heterocycles. The normalized spacial score (nSPS) is 21.9.